The molecule has 1 fully saturated rings. The maximum atomic E-state index is 14.8. The molecule has 2 aliphatic rings. The summed E-state index contributed by atoms with van der Waals surface area (Å²) in [6, 6.07) is 20.2. The lowest BCUT2D eigenvalue weighted by atomic mass is 10.0. The Balaban J connectivity index is 1.44. The first kappa shape index (κ1) is 28.5. The Morgan fingerprint density at radius 2 is 1.61 bits per heavy atom. The summed E-state index contributed by atoms with van der Waals surface area (Å²) in [5.41, 5.74) is 1.10. The molecule has 8 nitrogen and oxygen atoms in total. The zero-order valence-corrected chi connectivity index (χ0v) is 23.4. The molecule has 1 N–H and O–H groups in total. The summed E-state index contributed by atoms with van der Waals surface area (Å²) in [6.07, 6.45) is 3.53. The fourth-order valence-corrected chi connectivity index (χ4v) is 7.09. The highest BCUT2D eigenvalue weighted by Gasteiger charge is 2.41. The molecule has 1 heterocycles. The minimum absolute atomic E-state index is 0.00273. The van der Waals surface area contributed by atoms with Gasteiger partial charge in [-0.15, -0.1) is 0 Å². The number of nitrogens with zero attached hydrogens (tertiary/aromatic N) is 2. The third kappa shape index (κ3) is 6.17. The third-order valence-corrected chi connectivity index (χ3v) is 9.55. The van der Waals surface area contributed by atoms with Gasteiger partial charge < -0.3 is 10.2 Å². The summed E-state index contributed by atoms with van der Waals surface area (Å²) in [6.45, 7) is -0.591. The first-order valence-electron chi connectivity index (χ1n) is 13.8. The van der Waals surface area contributed by atoms with E-state index in [-0.39, 0.29) is 47.4 Å². The lowest BCUT2D eigenvalue weighted by Gasteiger charge is -2.33. The van der Waals surface area contributed by atoms with Crippen molar-refractivity contribution in [3.8, 4) is 0 Å². The molecule has 214 valence electrons. The van der Waals surface area contributed by atoms with Crippen LogP contribution in [0.2, 0.25) is 0 Å². The Labute approximate surface area is 239 Å². The van der Waals surface area contributed by atoms with E-state index in [1.807, 2.05) is 30.3 Å². The van der Waals surface area contributed by atoms with Crippen LogP contribution in [0.5, 0.6) is 0 Å². The van der Waals surface area contributed by atoms with Crippen LogP contribution in [0, 0.1) is 5.82 Å². The number of carbonyl (C=O) groups excluding carboxylic acids is 3. The van der Waals surface area contributed by atoms with Gasteiger partial charge in [-0.1, -0.05) is 73.5 Å². The summed E-state index contributed by atoms with van der Waals surface area (Å²) >= 11 is 0. The predicted molar refractivity (Wildman–Crippen MR) is 151 cm³/mol. The van der Waals surface area contributed by atoms with Crippen molar-refractivity contribution in [2.45, 2.75) is 62.0 Å². The predicted octanol–water partition coefficient (Wildman–Crippen LogP) is 4.06. The molecule has 0 spiro atoms. The van der Waals surface area contributed by atoms with Gasteiger partial charge in [0, 0.05) is 37.5 Å². The largest absolute Gasteiger partial charge is 0.352 e. The SMILES string of the molecule is O=C(NC1CCCC1)[C@H](Cc1ccccc1)N(Cc1ccccc1F)C(=O)CCN1C(=O)c2ccccc2S1(=O)=O. The van der Waals surface area contributed by atoms with E-state index in [1.54, 1.807) is 24.3 Å². The summed E-state index contributed by atoms with van der Waals surface area (Å²) in [5.74, 6) is -2.13. The summed E-state index contributed by atoms with van der Waals surface area (Å²) in [7, 11) is -4.11. The van der Waals surface area contributed by atoms with Crippen molar-refractivity contribution < 1.29 is 27.2 Å². The number of benzene rings is 3. The molecule has 1 aliphatic carbocycles. The lowest BCUT2D eigenvalue weighted by molar-refractivity contribution is -0.141. The number of rotatable bonds is 10. The van der Waals surface area contributed by atoms with Crippen LogP contribution in [0.1, 0.15) is 53.6 Å². The van der Waals surface area contributed by atoms with Crippen molar-refractivity contribution in [3.63, 3.8) is 0 Å². The van der Waals surface area contributed by atoms with Gasteiger partial charge >= 0.3 is 0 Å². The van der Waals surface area contributed by atoms with Gasteiger partial charge in [0.2, 0.25) is 11.8 Å². The van der Waals surface area contributed by atoms with Gasteiger partial charge in [-0.3, -0.25) is 14.4 Å². The number of amides is 3. The van der Waals surface area contributed by atoms with Gasteiger partial charge in [-0.2, -0.15) is 0 Å². The van der Waals surface area contributed by atoms with Gasteiger partial charge in [-0.25, -0.2) is 17.1 Å². The van der Waals surface area contributed by atoms with Crippen molar-refractivity contribution in [1.82, 2.24) is 14.5 Å². The molecule has 5 rings (SSSR count). The first-order chi connectivity index (χ1) is 19.8. The summed E-state index contributed by atoms with van der Waals surface area (Å²) in [4.78, 5) is 41.7. The van der Waals surface area contributed by atoms with E-state index in [1.165, 1.54) is 29.2 Å². The first-order valence-corrected chi connectivity index (χ1v) is 15.2. The van der Waals surface area contributed by atoms with E-state index in [0.717, 1.165) is 31.2 Å². The van der Waals surface area contributed by atoms with E-state index < -0.39 is 40.2 Å². The highest BCUT2D eigenvalue weighted by molar-refractivity contribution is 7.90. The molecular weight excluding hydrogens is 545 g/mol. The minimum atomic E-state index is -4.11. The van der Waals surface area contributed by atoms with Crippen LogP contribution < -0.4 is 5.32 Å². The van der Waals surface area contributed by atoms with E-state index in [0.29, 0.717) is 4.31 Å². The van der Waals surface area contributed by atoms with Crippen molar-refractivity contribution in [2.75, 3.05) is 6.54 Å². The third-order valence-electron chi connectivity index (χ3n) is 7.71. The average molecular weight is 578 g/mol. The number of carbonyl (C=O) groups is 3. The van der Waals surface area contributed by atoms with Crippen LogP contribution in [0.3, 0.4) is 0 Å². The van der Waals surface area contributed by atoms with Crippen LogP contribution in [-0.2, 0) is 32.6 Å². The van der Waals surface area contributed by atoms with E-state index >= 15 is 0 Å². The highest BCUT2D eigenvalue weighted by atomic mass is 32.2. The average Bonchev–Trinajstić information content (AvgIpc) is 3.55. The van der Waals surface area contributed by atoms with Gasteiger partial charge in [-0.05, 0) is 36.6 Å². The van der Waals surface area contributed by atoms with Crippen molar-refractivity contribution >= 4 is 27.7 Å². The van der Waals surface area contributed by atoms with E-state index in [4.69, 9.17) is 0 Å². The van der Waals surface area contributed by atoms with Gasteiger partial charge in [0.1, 0.15) is 16.8 Å². The van der Waals surface area contributed by atoms with Crippen LogP contribution >= 0.6 is 0 Å². The smallest absolute Gasteiger partial charge is 0.269 e. The zero-order valence-electron chi connectivity index (χ0n) is 22.5. The standard InChI is InChI=1S/C31H32FN3O5S/c32-26-16-8-4-12-23(26)21-34(27(20-22-10-2-1-3-11-22)30(37)33-24-13-5-6-14-24)29(36)18-19-35-31(38)25-15-7-9-17-28(25)41(35,39)40/h1-4,7-12,15-17,24,27H,5-6,13-14,18-21H2,(H,33,37)/t27-/m0/s1. The molecule has 0 aromatic heterocycles. The molecule has 1 aliphatic heterocycles. The molecule has 3 aromatic carbocycles. The van der Waals surface area contributed by atoms with Gasteiger partial charge in [0.05, 0.1) is 5.56 Å². The topological polar surface area (TPSA) is 104 Å². The second-order valence-electron chi connectivity index (χ2n) is 10.4. The maximum Gasteiger partial charge on any atom is 0.269 e. The molecule has 10 heteroatoms. The summed E-state index contributed by atoms with van der Waals surface area (Å²) in [5, 5.41) is 3.08. The molecule has 0 radical (unpaired) electrons. The molecule has 3 aromatic rings. The van der Waals surface area contributed by atoms with Gasteiger partial charge in [0.25, 0.3) is 15.9 Å². The second-order valence-corrected chi connectivity index (χ2v) is 12.3. The Kier molecular flexibility index (Phi) is 8.49. The molecule has 1 saturated carbocycles. The van der Waals surface area contributed by atoms with Crippen LogP contribution in [0.15, 0.2) is 83.8 Å². The maximum absolute atomic E-state index is 14.8. The molecular formula is C31H32FN3O5S. The number of hydrogen-bond acceptors (Lipinski definition) is 5. The minimum Gasteiger partial charge on any atom is -0.352 e. The summed E-state index contributed by atoms with van der Waals surface area (Å²) < 4.78 is 41.6. The monoisotopic (exact) mass is 577 g/mol. The molecule has 0 bridgehead atoms. The molecule has 0 unspecified atom stereocenters. The molecule has 41 heavy (non-hydrogen) atoms. The Hall–Kier alpha value is -4.05. The lowest BCUT2D eigenvalue weighted by Crippen LogP contribution is -2.52. The Bertz CT molecular complexity index is 1540. The quantitative estimate of drug-likeness (QED) is 0.392. The van der Waals surface area contributed by atoms with Gasteiger partial charge in [0.15, 0.2) is 0 Å². The second kappa shape index (κ2) is 12.2. The Morgan fingerprint density at radius 1 is 0.951 bits per heavy atom. The number of hydrogen-bond donors (Lipinski definition) is 1. The van der Waals surface area contributed by atoms with Crippen LogP contribution in [0.25, 0.3) is 0 Å². The fraction of sp³-hybridized carbons (Fsp3) is 0.323. The number of fused-ring (bicyclic) bond motifs is 1. The molecule has 0 saturated heterocycles. The molecule has 3 amide bonds. The van der Waals surface area contributed by atoms with Crippen LogP contribution in [0.4, 0.5) is 4.39 Å². The van der Waals surface area contributed by atoms with Crippen molar-refractivity contribution in [3.05, 3.63) is 101 Å². The van der Waals surface area contributed by atoms with Crippen molar-refractivity contribution in [1.29, 1.82) is 0 Å². The Morgan fingerprint density at radius 3 is 2.32 bits per heavy atom. The van der Waals surface area contributed by atoms with E-state index in [9.17, 15) is 27.2 Å². The fourth-order valence-electron chi connectivity index (χ4n) is 5.52. The van der Waals surface area contributed by atoms with Crippen LogP contribution in [-0.4, -0.2) is 54.0 Å². The number of sulfonamides is 1. The number of halogens is 1. The van der Waals surface area contributed by atoms with E-state index in [2.05, 4.69) is 5.32 Å². The normalized spacial score (nSPS) is 16.8. The van der Waals surface area contributed by atoms with Crippen molar-refractivity contribution in [2.24, 2.45) is 0 Å². The molecule has 1 atom stereocenters. The highest BCUT2D eigenvalue weighted by Crippen LogP contribution is 2.30. The zero-order chi connectivity index (χ0) is 29.0. The number of nitrogens with one attached hydrogen (secondary N) is 1.